The van der Waals surface area contributed by atoms with Gasteiger partial charge in [-0.15, -0.1) is 0 Å². The average molecular weight is 256 g/mol. The number of imidazole rings is 1. The molecule has 72 valence electrons. The Labute approximate surface area is 87.5 Å². The smallest absolute Gasteiger partial charge is 0.309 e. The second-order valence-corrected chi connectivity index (χ2v) is 3.46. The van der Waals surface area contributed by atoms with Gasteiger partial charge in [0, 0.05) is 6.20 Å². The van der Waals surface area contributed by atoms with E-state index in [0.717, 1.165) is 0 Å². The molecule has 0 amide bonds. The Morgan fingerprint density at radius 3 is 3.07 bits per heavy atom. The minimum absolute atomic E-state index is 0.107. The van der Waals surface area contributed by atoms with Crippen molar-refractivity contribution in [1.82, 2.24) is 14.6 Å². The van der Waals surface area contributed by atoms with Crippen LogP contribution in [0.2, 0.25) is 0 Å². The molecule has 0 saturated heterocycles. The van der Waals surface area contributed by atoms with E-state index < -0.39 is 5.97 Å². The maximum absolute atomic E-state index is 10.5. The Morgan fingerprint density at radius 2 is 2.43 bits per heavy atom. The van der Waals surface area contributed by atoms with Gasteiger partial charge in [0.25, 0.3) is 0 Å². The molecule has 2 heterocycles. The van der Waals surface area contributed by atoms with E-state index in [4.69, 9.17) is 5.11 Å². The molecule has 0 aliphatic heterocycles. The molecular formula is C8H6BrN3O2. The summed E-state index contributed by atoms with van der Waals surface area (Å²) in [6.07, 6.45) is 1.51. The second-order valence-electron chi connectivity index (χ2n) is 2.71. The van der Waals surface area contributed by atoms with Crippen molar-refractivity contribution in [3.8, 4) is 0 Å². The number of carbonyl (C=O) groups is 1. The third-order valence-electron chi connectivity index (χ3n) is 1.72. The van der Waals surface area contributed by atoms with Gasteiger partial charge in [-0.05, 0) is 28.1 Å². The fourth-order valence-electron chi connectivity index (χ4n) is 1.16. The number of halogens is 1. The lowest BCUT2D eigenvalue weighted by Crippen LogP contribution is -2.01. The molecule has 14 heavy (non-hydrogen) atoms. The second kappa shape index (κ2) is 3.38. The minimum atomic E-state index is -0.908. The molecule has 0 aliphatic carbocycles. The van der Waals surface area contributed by atoms with Crippen LogP contribution in [0.4, 0.5) is 0 Å². The molecule has 0 aromatic carbocycles. The normalized spacial score (nSPS) is 10.6. The maximum atomic E-state index is 10.5. The highest BCUT2D eigenvalue weighted by atomic mass is 79.9. The van der Waals surface area contributed by atoms with Crippen molar-refractivity contribution in [3.05, 3.63) is 28.6 Å². The molecule has 0 saturated carbocycles. The van der Waals surface area contributed by atoms with Crippen LogP contribution in [-0.4, -0.2) is 25.7 Å². The summed E-state index contributed by atoms with van der Waals surface area (Å²) in [4.78, 5) is 14.6. The van der Waals surface area contributed by atoms with Crippen LogP contribution in [0.15, 0.2) is 22.9 Å². The lowest BCUT2D eigenvalue weighted by molar-refractivity contribution is -0.136. The molecule has 0 bridgehead atoms. The summed E-state index contributed by atoms with van der Waals surface area (Å²) in [6, 6.07) is 3.52. The molecule has 1 N–H and O–H groups in total. The summed E-state index contributed by atoms with van der Waals surface area (Å²) in [5.74, 6) is -0.908. The van der Waals surface area contributed by atoms with Crippen molar-refractivity contribution in [2.24, 2.45) is 0 Å². The zero-order valence-electron chi connectivity index (χ0n) is 7.01. The third-order valence-corrected chi connectivity index (χ3v) is 2.52. The van der Waals surface area contributed by atoms with Crippen LogP contribution in [0.3, 0.4) is 0 Å². The first-order chi connectivity index (χ1) is 6.68. The van der Waals surface area contributed by atoms with Gasteiger partial charge >= 0.3 is 5.97 Å². The van der Waals surface area contributed by atoms with Crippen LogP contribution in [-0.2, 0) is 11.2 Å². The van der Waals surface area contributed by atoms with Crippen molar-refractivity contribution in [2.75, 3.05) is 0 Å². The summed E-state index contributed by atoms with van der Waals surface area (Å²) in [6.45, 7) is 0. The first-order valence-electron chi connectivity index (χ1n) is 3.88. The van der Waals surface area contributed by atoms with Gasteiger partial charge in [0.05, 0.1) is 12.1 Å². The molecule has 5 nitrogen and oxygen atoms in total. The van der Waals surface area contributed by atoms with Crippen LogP contribution >= 0.6 is 15.9 Å². The van der Waals surface area contributed by atoms with Crippen molar-refractivity contribution in [2.45, 2.75) is 6.42 Å². The number of aliphatic carboxylic acids is 1. The van der Waals surface area contributed by atoms with Gasteiger partial charge in [-0.3, -0.25) is 4.79 Å². The summed E-state index contributed by atoms with van der Waals surface area (Å²) in [5, 5.41) is 12.6. The lowest BCUT2D eigenvalue weighted by Gasteiger charge is -1.91. The van der Waals surface area contributed by atoms with E-state index in [2.05, 4.69) is 26.0 Å². The lowest BCUT2D eigenvalue weighted by atomic mass is 10.3. The van der Waals surface area contributed by atoms with Gasteiger partial charge in [0.2, 0.25) is 0 Å². The van der Waals surface area contributed by atoms with Crippen LogP contribution in [0, 0.1) is 0 Å². The zero-order valence-corrected chi connectivity index (χ0v) is 8.60. The van der Waals surface area contributed by atoms with Crippen molar-refractivity contribution < 1.29 is 9.90 Å². The monoisotopic (exact) mass is 255 g/mol. The van der Waals surface area contributed by atoms with Gasteiger partial charge < -0.3 is 5.11 Å². The highest BCUT2D eigenvalue weighted by Gasteiger charge is 2.12. The fourth-order valence-corrected chi connectivity index (χ4v) is 1.66. The topological polar surface area (TPSA) is 67.5 Å². The molecule has 2 aromatic rings. The van der Waals surface area contributed by atoms with Crippen LogP contribution < -0.4 is 0 Å². The first-order valence-corrected chi connectivity index (χ1v) is 4.67. The number of carboxylic acids is 1. The van der Waals surface area contributed by atoms with Crippen molar-refractivity contribution in [3.63, 3.8) is 0 Å². The summed E-state index contributed by atoms with van der Waals surface area (Å²) in [7, 11) is 0. The molecule has 0 unspecified atom stereocenters. The number of aromatic nitrogens is 3. The SMILES string of the molecule is O=C(O)Cc1nc2cccnn2c1Br. The average Bonchev–Trinajstić information content (AvgIpc) is 2.44. The van der Waals surface area contributed by atoms with E-state index in [-0.39, 0.29) is 6.42 Å². The largest absolute Gasteiger partial charge is 0.481 e. The summed E-state index contributed by atoms with van der Waals surface area (Å²) in [5.41, 5.74) is 1.12. The Hall–Kier alpha value is -1.43. The summed E-state index contributed by atoms with van der Waals surface area (Å²) < 4.78 is 2.15. The Morgan fingerprint density at radius 1 is 1.64 bits per heavy atom. The molecule has 6 heteroatoms. The molecular weight excluding hydrogens is 250 g/mol. The highest BCUT2D eigenvalue weighted by Crippen LogP contribution is 2.17. The van der Waals surface area contributed by atoms with Gasteiger partial charge in [-0.1, -0.05) is 0 Å². The molecule has 0 radical (unpaired) electrons. The molecule has 2 aromatic heterocycles. The van der Waals surface area contributed by atoms with E-state index in [1.54, 1.807) is 22.8 Å². The standard InChI is InChI=1S/C8H6BrN3O2/c9-8-5(4-7(13)14)11-6-2-1-3-10-12(6)8/h1-3H,4H2,(H,13,14). The summed E-state index contributed by atoms with van der Waals surface area (Å²) >= 11 is 3.25. The van der Waals surface area contributed by atoms with Crippen molar-refractivity contribution in [1.29, 1.82) is 0 Å². The number of nitrogens with zero attached hydrogens (tertiary/aromatic N) is 3. The molecule has 0 atom stereocenters. The van der Waals surface area contributed by atoms with Gasteiger partial charge in [0.15, 0.2) is 5.65 Å². The molecule has 0 aliphatic rings. The van der Waals surface area contributed by atoms with E-state index in [1.807, 2.05) is 0 Å². The van der Waals surface area contributed by atoms with Gasteiger partial charge in [-0.25, -0.2) is 9.50 Å². The quantitative estimate of drug-likeness (QED) is 0.874. The van der Waals surface area contributed by atoms with Crippen LogP contribution in [0.25, 0.3) is 5.65 Å². The highest BCUT2D eigenvalue weighted by molar-refractivity contribution is 9.10. The van der Waals surface area contributed by atoms with Crippen LogP contribution in [0.1, 0.15) is 5.69 Å². The number of hydrogen-bond donors (Lipinski definition) is 1. The van der Waals surface area contributed by atoms with E-state index in [1.165, 1.54) is 0 Å². The molecule has 2 rings (SSSR count). The van der Waals surface area contributed by atoms with E-state index in [9.17, 15) is 4.79 Å². The van der Waals surface area contributed by atoms with Crippen molar-refractivity contribution >= 4 is 27.5 Å². The number of rotatable bonds is 2. The van der Waals surface area contributed by atoms with E-state index >= 15 is 0 Å². The predicted octanol–water partition coefficient (Wildman–Crippen LogP) is 1.12. The van der Waals surface area contributed by atoms with Gasteiger partial charge in [-0.2, -0.15) is 5.10 Å². The minimum Gasteiger partial charge on any atom is -0.481 e. The maximum Gasteiger partial charge on any atom is 0.309 e. The zero-order chi connectivity index (χ0) is 10.1. The Kier molecular flexibility index (Phi) is 2.20. The molecule has 0 spiro atoms. The number of fused-ring (bicyclic) bond motifs is 1. The fraction of sp³-hybridized carbons (Fsp3) is 0.125. The van der Waals surface area contributed by atoms with E-state index in [0.29, 0.717) is 15.9 Å². The Bertz CT molecular complexity index is 494. The number of hydrogen-bond acceptors (Lipinski definition) is 3. The third kappa shape index (κ3) is 1.48. The van der Waals surface area contributed by atoms with Gasteiger partial charge in [0.1, 0.15) is 4.60 Å². The van der Waals surface area contributed by atoms with Crippen LogP contribution in [0.5, 0.6) is 0 Å². The number of carboxylic acid groups (broad SMARTS) is 1. The predicted molar refractivity (Wildman–Crippen MR) is 52.0 cm³/mol. The molecule has 0 fully saturated rings. The first kappa shape index (κ1) is 9.14. The Balaban J connectivity index is 2.57.